The molecule has 0 aliphatic heterocycles. The SMILES string of the molecule is Cc1ccc(C(=O)c2cc(Br)cc(Br)c2)cc1F. The largest absolute Gasteiger partial charge is 0.289 e. The van der Waals surface area contributed by atoms with Crippen LogP contribution in [0.2, 0.25) is 0 Å². The van der Waals surface area contributed by atoms with Gasteiger partial charge in [-0.3, -0.25) is 4.79 Å². The van der Waals surface area contributed by atoms with Crippen LogP contribution in [0.25, 0.3) is 0 Å². The number of carbonyl (C=O) groups excluding carboxylic acids is 1. The molecule has 18 heavy (non-hydrogen) atoms. The van der Waals surface area contributed by atoms with E-state index < -0.39 is 0 Å². The van der Waals surface area contributed by atoms with Crippen molar-refractivity contribution in [2.24, 2.45) is 0 Å². The monoisotopic (exact) mass is 370 g/mol. The highest BCUT2D eigenvalue weighted by atomic mass is 79.9. The molecule has 0 saturated heterocycles. The molecule has 92 valence electrons. The predicted octanol–water partition coefficient (Wildman–Crippen LogP) is 4.89. The maximum Gasteiger partial charge on any atom is 0.193 e. The van der Waals surface area contributed by atoms with Crippen LogP contribution in [-0.2, 0) is 0 Å². The second-order valence-electron chi connectivity index (χ2n) is 3.95. The quantitative estimate of drug-likeness (QED) is 0.687. The molecule has 0 saturated carbocycles. The summed E-state index contributed by atoms with van der Waals surface area (Å²) < 4.78 is 15.0. The summed E-state index contributed by atoms with van der Waals surface area (Å²) in [5.41, 5.74) is 1.39. The number of halogens is 3. The third-order valence-electron chi connectivity index (χ3n) is 2.56. The Kier molecular flexibility index (Phi) is 3.97. The van der Waals surface area contributed by atoms with Gasteiger partial charge in [0.15, 0.2) is 5.78 Å². The minimum atomic E-state index is -0.366. The predicted molar refractivity (Wildman–Crippen MR) is 76.4 cm³/mol. The lowest BCUT2D eigenvalue weighted by Gasteiger charge is -2.04. The lowest BCUT2D eigenvalue weighted by Crippen LogP contribution is -2.02. The normalized spacial score (nSPS) is 10.4. The Balaban J connectivity index is 2.44. The molecule has 0 heterocycles. The molecule has 2 aromatic carbocycles. The van der Waals surface area contributed by atoms with Crippen LogP contribution in [0, 0.1) is 12.7 Å². The molecule has 4 heteroatoms. The standard InChI is InChI=1S/C14H9Br2FO/c1-8-2-3-9(6-13(8)17)14(18)10-4-11(15)7-12(16)5-10/h2-7H,1H3. The number of ketones is 1. The van der Waals surface area contributed by atoms with Crippen LogP contribution in [0.15, 0.2) is 45.3 Å². The van der Waals surface area contributed by atoms with E-state index in [9.17, 15) is 9.18 Å². The molecule has 0 aromatic heterocycles. The number of carbonyl (C=O) groups is 1. The number of rotatable bonds is 2. The molecular formula is C14H9Br2FO. The first-order chi connectivity index (χ1) is 8.47. The van der Waals surface area contributed by atoms with E-state index in [2.05, 4.69) is 31.9 Å². The number of hydrogen-bond donors (Lipinski definition) is 0. The van der Waals surface area contributed by atoms with Crippen LogP contribution in [0.3, 0.4) is 0 Å². The Morgan fingerprint density at radius 1 is 1.00 bits per heavy atom. The van der Waals surface area contributed by atoms with Gasteiger partial charge in [0.25, 0.3) is 0 Å². The molecule has 2 rings (SSSR count). The molecule has 0 radical (unpaired) electrons. The Morgan fingerprint density at radius 2 is 1.61 bits per heavy atom. The summed E-state index contributed by atoms with van der Waals surface area (Å²) in [7, 11) is 0. The average Bonchev–Trinajstić information content (AvgIpc) is 2.30. The summed E-state index contributed by atoms with van der Waals surface area (Å²) in [6, 6.07) is 9.78. The van der Waals surface area contributed by atoms with Gasteiger partial charge < -0.3 is 0 Å². The maximum atomic E-state index is 13.4. The van der Waals surface area contributed by atoms with E-state index in [-0.39, 0.29) is 11.6 Å². The molecule has 0 spiro atoms. The first-order valence-corrected chi connectivity index (χ1v) is 6.83. The number of aryl methyl sites for hydroxylation is 1. The average molecular weight is 372 g/mol. The zero-order valence-electron chi connectivity index (χ0n) is 9.51. The van der Waals surface area contributed by atoms with E-state index in [1.165, 1.54) is 6.07 Å². The third kappa shape index (κ3) is 2.87. The summed E-state index contributed by atoms with van der Waals surface area (Å²) in [5.74, 6) is -0.564. The van der Waals surface area contributed by atoms with Crippen molar-refractivity contribution < 1.29 is 9.18 Å². The van der Waals surface area contributed by atoms with Crippen LogP contribution < -0.4 is 0 Å². The number of hydrogen-bond acceptors (Lipinski definition) is 1. The summed E-state index contributed by atoms with van der Waals surface area (Å²) in [4.78, 5) is 12.2. The minimum Gasteiger partial charge on any atom is -0.289 e. The first kappa shape index (κ1) is 13.4. The highest BCUT2D eigenvalue weighted by Gasteiger charge is 2.12. The van der Waals surface area contributed by atoms with Crippen LogP contribution >= 0.6 is 31.9 Å². The molecule has 0 amide bonds. The molecule has 0 fully saturated rings. The lowest BCUT2D eigenvalue weighted by atomic mass is 10.0. The number of benzene rings is 2. The molecule has 0 aliphatic rings. The minimum absolute atomic E-state index is 0.198. The Morgan fingerprint density at radius 3 is 2.17 bits per heavy atom. The van der Waals surface area contributed by atoms with Crippen molar-refractivity contribution in [1.82, 2.24) is 0 Å². The summed E-state index contributed by atoms with van der Waals surface area (Å²) in [6.45, 7) is 1.67. The van der Waals surface area contributed by atoms with Crippen molar-refractivity contribution in [3.05, 3.63) is 67.9 Å². The van der Waals surface area contributed by atoms with Crippen molar-refractivity contribution in [3.63, 3.8) is 0 Å². The Bertz CT molecular complexity index is 603. The fourth-order valence-electron chi connectivity index (χ4n) is 1.59. The van der Waals surface area contributed by atoms with Crippen molar-refractivity contribution in [2.45, 2.75) is 6.92 Å². The van der Waals surface area contributed by atoms with Gasteiger partial charge in [-0.05, 0) is 36.8 Å². The van der Waals surface area contributed by atoms with Gasteiger partial charge in [0.1, 0.15) is 5.82 Å². The molecular weight excluding hydrogens is 363 g/mol. The van der Waals surface area contributed by atoms with Gasteiger partial charge in [-0.25, -0.2) is 4.39 Å². The van der Waals surface area contributed by atoms with E-state index in [0.717, 1.165) is 8.95 Å². The van der Waals surface area contributed by atoms with Crippen LogP contribution in [0.4, 0.5) is 4.39 Å². The summed E-state index contributed by atoms with van der Waals surface area (Å²) >= 11 is 6.65. The summed E-state index contributed by atoms with van der Waals surface area (Å²) in [6.07, 6.45) is 0. The van der Waals surface area contributed by atoms with E-state index in [1.54, 1.807) is 31.2 Å². The molecule has 0 unspecified atom stereocenters. The van der Waals surface area contributed by atoms with Crippen molar-refractivity contribution in [1.29, 1.82) is 0 Å². The Labute approximate surface area is 121 Å². The highest BCUT2D eigenvalue weighted by Crippen LogP contribution is 2.22. The van der Waals surface area contributed by atoms with Crippen LogP contribution in [-0.4, -0.2) is 5.78 Å². The second kappa shape index (κ2) is 5.33. The molecule has 2 aromatic rings. The lowest BCUT2D eigenvalue weighted by molar-refractivity contribution is 0.103. The maximum absolute atomic E-state index is 13.4. The van der Waals surface area contributed by atoms with Crippen molar-refractivity contribution >= 4 is 37.6 Å². The summed E-state index contributed by atoms with van der Waals surface area (Å²) in [5, 5.41) is 0. The van der Waals surface area contributed by atoms with Gasteiger partial charge in [0.05, 0.1) is 0 Å². The van der Waals surface area contributed by atoms with Gasteiger partial charge in [0.2, 0.25) is 0 Å². The molecule has 0 N–H and O–H groups in total. The van der Waals surface area contributed by atoms with Crippen molar-refractivity contribution in [3.8, 4) is 0 Å². The molecule has 0 bridgehead atoms. The van der Waals surface area contributed by atoms with Gasteiger partial charge in [-0.1, -0.05) is 44.0 Å². The van der Waals surface area contributed by atoms with E-state index in [0.29, 0.717) is 16.7 Å². The van der Waals surface area contributed by atoms with Gasteiger partial charge in [-0.15, -0.1) is 0 Å². The molecule has 0 aliphatic carbocycles. The fraction of sp³-hybridized carbons (Fsp3) is 0.0714. The smallest absolute Gasteiger partial charge is 0.193 e. The van der Waals surface area contributed by atoms with Gasteiger partial charge in [-0.2, -0.15) is 0 Å². The molecule has 1 nitrogen and oxygen atoms in total. The van der Waals surface area contributed by atoms with Gasteiger partial charge in [0, 0.05) is 20.1 Å². The van der Waals surface area contributed by atoms with Crippen LogP contribution in [0.1, 0.15) is 21.5 Å². The molecule has 0 atom stereocenters. The fourth-order valence-corrected chi connectivity index (χ4v) is 2.88. The third-order valence-corrected chi connectivity index (χ3v) is 3.47. The topological polar surface area (TPSA) is 17.1 Å². The Hall–Kier alpha value is -1.00. The van der Waals surface area contributed by atoms with Crippen molar-refractivity contribution in [2.75, 3.05) is 0 Å². The second-order valence-corrected chi connectivity index (χ2v) is 5.78. The zero-order chi connectivity index (χ0) is 13.3. The van der Waals surface area contributed by atoms with E-state index in [1.807, 2.05) is 6.07 Å². The first-order valence-electron chi connectivity index (χ1n) is 5.24. The van der Waals surface area contributed by atoms with Crippen LogP contribution in [0.5, 0.6) is 0 Å². The van der Waals surface area contributed by atoms with Gasteiger partial charge >= 0.3 is 0 Å². The van der Waals surface area contributed by atoms with E-state index >= 15 is 0 Å². The van der Waals surface area contributed by atoms with E-state index in [4.69, 9.17) is 0 Å². The zero-order valence-corrected chi connectivity index (χ0v) is 12.7. The highest BCUT2D eigenvalue weighted by molar-refractivity contribution is 9.11.